The van der Waals surface area contributed by atoms with E-state index in [0.717, 1.165) is 5.56 Å². The number of hydrogen-bond donors (Lipinski definition) is 2. The average Bonchev–Trinajstić information content (AvgIpc) is 2.27. The van der Waals surface area contributed by atoms with Crippen LogP contribution >= 0.6 is 24.0 Å². The Morgan fingerprint density at radius 2 is 2.00 bits per heavy atom. The van der Waals surface area contributed by atoms with E-state index in [2.05, 4.69) is 10.9 Å². The van der Waals surface area contributed by atoms with E-state index in [1.807, 2.05) is 36.6 Å². The summed E-state index contributed by atoms with van der Waals surface area (Å²) in [5, 5.41) is 0. The molecular formula is C10H12N2OS2. The van der Waals surface area contributed by atoms with Crippen molar-refractivity contribution in [3.63, 3.8) is 0 Å². The maximum Gasteiger partial charge on any atom is 0.242 e. The molecule has 80 valence electrons. The van der Waals surface area contributed by atoms with Gasteiger partial charge in [0.05, 0.1) is 6.42 Å². The molecule has 0 spiro atoms. The van der Waals surface area contributed by atoms with Gasteiger partial charge in [-0.25, -0.2) is 0 Å². The van der Waals surface area contributed by atoms with Crippen LogP contribution in [0.5, 0.6) is 0 Å². The molecule has 3 nitrogen and oxygen atoms in total. The minimum Gasteiger partial charge on any atom is -0.283 e. The van der Waals surface area contributed by atoms with Gasteiger partial charge >= 0.3 is 0 Å². The van der Waals surface area contributed by atoms with Crippen molar-refractivity contribution in [3.8, 4) is 0 Å². The minimum absolute atomic E-state index is 0.0994. The van der Waals surface area contributed by atoms with E-state index in [1.165, 1.54) is 11.8 Å². The summed E-state index contributed by atoms with van der Waals surface area (Å²) in [6.07, 6.45) is 2.20. The van der Waals surface area contributed by atoms with Gasteiger partial charge in [0.15, 0.2) is 4.32 Å². The predicted molar refractivity (Wildman–Crippen MR) is 67.5 cm³/mol. The van der Waals surface area contributed by atoms with Crippen LogP contribution in [0.4, 0.5) is 0 Å². The lowest BCUT2D eigenvalue weighted by Gasteiger charge is -2.07. The van der Waals surface area contributed by atoms with Crippen LogP contribution in [0.1, 0.15) is 5.56 Å². The number of carbonyl (C=O) groups excluding carboxylic acids is 1. The Morgan fingerprint density at radius 1 is 1.33 bits per heavy atom. The minimum atomic E-state index is -0.0994. The lowest BCUT2D eigenvalue weighted by Crippen LogP contribution is -2.40. The van der Waals surface area contributed by atoms with Gasteiger partial charge in [0, 0.05) is 0 Å². The highest BCUT2D eigenvalue weighted by molar-refractivity contribution is 8.22. The molecule has 0 aromatic heterocycles. The van der Waals surface area contributed by atoms with Crippen LogP contribution in [0.15, 0.2) is 30.3 Å². The van der Waals surface area contributed by atoms with Crippen LogP contribution in [0.25, 0.3) is 0 Å². The molecule has 0 aliphatic rings. The van der Waals surface area contributed by atoms with Gasteiger partial charge in [0.1, 0.15) is 0 Å². The molecule has 5 heteroatoms. The highest BCUT2D eigenvalue weighted by atomic mass is 32.2. The average molecular weight is 240 g/mol. The predicted octanol–water partition coefficient (Wildman–Crippen LogP) is 1.50. The molecule has 2 N–H and O–H groups in total. The maximum absolute atomic E-state index is 11.4. The summed E-state index contributed by atoms with van der Waals surface area (Å²) < 4.78 is 0.552. The zero-order chi connectivity index (χ0) is 11.1. The zero-order valence-corrected chi connectivity index (χ0v) is 9.95. The fourth-order valence-corrected chi connectivity index (χ4v) is 1.20. The van der Waals surface area contributed by atoms with Crippen LogP contribution < -0.4 is 10.9 Å². The zero-order valence-electron chi connectivity index (χ0n) is 8.32. The van der Waals surface area contributed by atoms with E-state index in [-0.39, 0.29) is 5.91 Å². The van der Waals surface area contributed by atoms with Crippen molar-refractivity contribution in [2.24, 2.45) is 0 Å². The van der Waals surface area contributed by atoms with Gasteiger partial charge < -0.3 is 0 Å². The molecule has 0 saturated heterocycles. The van der Waals surface area contributed by atoms with Crippen LogP contribution in [0, 0.1) is 0 Å². The third kappa shape index (κ3) is 4.80. The topological polar surface area (TPSA) is 41.1 Å². The molecule has 0 saturated carbocycles. The van der Waals surface area contributed by atoms with Gasteiger partial charge in [-0.2, -0.15) is 0 Å². The smallest absolute Gasteiger partial charge is 0.242 e. The first-order valence-corrected chi connectivity index (χ1v) is 6.02. The first kappa shape index (κ1) is 12.0. The number of benzene rings is 1. The number of rotatable bonds is 2. The fraction of sp³-hybridized carbons (Fsp3) is 0.200. The lowest BCUT2D eigenvalue weighted by molar-refractivity contribution is -0.120. The monoisotopic (exact) mass is 240 g/mol. The van der Waals surface area contributed by atoms with Crippen molar-refractivity contribution < 1.29 is 4.79 Å². The second kappa shape index (κ2) is 6.42. The van der Waals surface area contributed by atoms with Gasteiger partial charge in [0.2, 0.25) is 5.91 Å². The molecule has 0 fully saturated rings. The van der Waals surface area contributed by atoms with Crippen molar-refractivity contribution in [3.05, 3.63) is 35.9 Å². The Bertz CT molecular complexity index is 341. The molecule has 1 aromatic rings. The summed E-state index contributed by atoms with van der Waals surface area (Å²) >= 11 is 6.25. The standard InChI is InChI=1S/C10H12N2OS2/c1-15-10(14)12-11-9(13)7-8-5-3-2-4-6-8/h2-6H,7H2,1H3,(H,11,13)(H,12,14). The van der Waals surface area contributed by atoms with E-state index in [4.69, 9.17) is 12.2 Å². The number of hydrogen-bond acceptors (Lipinski definition) is 3. The van der Waals surface area contributed by atoms with Crippen molar-refractivity contribution in [2.75, 3.05) is 6.26 Å². The summed E-state index contributed by atoms with van der Waals surface area (Å²) in [5.41, 5.74) is 6.16. The molecule has 0 unspecified atom stereocenters. The summed E-state index contributed by atoms with van der Waals surface area (Å²) in [6, 6.07) is 9.55. The third-order valence-corrected chi connectivity index (χ3v) is 2.77. The number of carbonyl (C=O) groups is 1. The molecule has 1 aromatic carbocycles. The van der Waals surface area contributed by atoms with Gasteiger partial charge in [0.25, 0.3) is 0 Å². The second-order valence-electron chi connectivity index (χ2n) is 2.83. The summed E-state index contributed by atoms with van der Waals surface area (Å²) in [6.45, 7) is 0. The van der Waals surface area contributed by atoms with E-state index in [0.29, 0.717) is 10.7 Å². The number of thioether (sulfide) groups is 1. The molecule has 1 amide bonds. The Hall–Kier alpha value is -1.07. The Morgan fingerprint density at radius 3 is 2.60 bits per heavy atom. The molecule has 0 heterocycles. The normalized spacial score (nSPS) is 9.40. The number of thiocarbonyl (C=S) groups is 1. The van der Waals surface area contributed by atoms with Crippen molar-refractivity contribution >= 4 is 34.2 Å². The number of hydrazine groups is 1. The van der Waals surface area contributed by atoms with Gasteiger partial charge in [-0.15, -0.1) is 0 Å². The SMILES string of the molecule is CSC(=S)NNC(=O)Cc1ccccc1. The lowest BCUT2D eigenvalue weighted by atomic mass is 10.1. The van der Waals surface area contributed by atoms with Crippen molar-refractivity contribution in [2.45, 2.75) is 6.42 Å². The maximum atomic E-state index is 11.4. The first-order chi connectivity index (χ1) is 7.22. The van der Waals surface area contributed by atoms with E-state index in [9.17, 15) is 4.79 Å². The Kier molecular flexibility index (Phi) is 5.14. The van der Waals surface area contributed by atoms with Gasteiger partial charge in [-0.1, -0.05) is 54.3 Å². The fourth-order valence-electron chi connectivity index (χ4n) is 0.997. The van der Waals surface area contributed by atoms with E-state index < -0.39 is 0 Å². The quantitative estimate of drug-likeness (QED) is 0.607. The largest absolute Gasteiger partial charge is 0.283 e. The molecule has 0 atom stereocenters. The molecule has 0 aliphatic heterocycles. The summed E-state index contributed by atoms with van der Waals surface area (Å²) in [5.74, 6) is -0.0994. The molecule has 0 aliphatic carbocycles. The molecule has 1 rings (SSSR count). The van der Waals surface area contributed by atoms with E-state index in [1.54, 1.807) is 0 Å². The third-order valence-electron chi connectivity index (χ3n) is 1.70. The van der Waals surface area contributed by atoms with Crippen LogP contribution in [-0.4, -0.2) is 16.5 Å². The summed E-state index contributed by atoms with van der Waals surface area (Å²) in [7, 11) is 0. The van der Waals surface area contributed by atoms with Crippen LogP contribution in [0.3, 0.4) is 0 Å². The van der Waals surface area contributed by atoms with Crippen molar-refractivity contribution in [1.29, 1.82) is 0 Å². The van der Waals surface area contributed by atoms with Gasteiger partial charge in [-0.05, 0) is 11.8 Å². The number of amides is 1. The van der Waals surface area contributed by atoms with Gasteiger partial charge in [-0.3, -0.25) is 15.6 Å². The van der Waals surface area contributed by atoms with Crippen LogP contribution in [0.2, 0.25) is 0 Å². The first-order valence-electron chi connectivity index (χ1n) is 4.39. The summed E-state index contributed by atoms with van der Waals surface area (Å²) in [4.78, 5) is 11.4. The highest BCUT2D eigenvalue weighted by Crippen LogP contribution is 1.99. The molecular weight excluding hydrogens is 228 g/mol. The Labute approximate surface area is 98.6 Å². The number of nitrogens with one attached hydrogen (secondary N) is 2. The molecule has 0 bridgehead atoms. The highest BCUT2D eigenvalue weighted by Gasteiger charge is 2.02. The van der Waals surface area contributed by atoms with Crippen molar-refractivity contribution in [1.82, 2.24) is 10.9 Å². The van der Waals surface area contributed by atoms with Crippen LogP contribution in [-0.2, 0) is 11.2 Å². The molecule has 15 heavy (non-hydrogen) atoms. The molecule has 0 radical (unpaired) electrons. The second-order valence-corrected chi connectivity index (χ2v) is 4.31. The Balaban J connectivity index is 2.34. The van der Waals surface area contributed by atoms with E-state index >= 15 is 0 Å².